The van der Waals surface area contributed by atoms with E-state index >= 15 is 0 Å². The molecule has 0 spiro atoms. The highest BCUT2D eigenvalue weighted by molar-refractivity contribution is 5.54. The smallest absolute Gasteiger partial charge is 0.137 e. The Morgan fingerprint density at radius 2 is 2.00 bits per heavy atom. The highest BCUT2D eigenvalue weighted by Crippen LogP contribution is 2.15. The molecule has 2 rings (SSSR count). The van der Waals surface area contributed by atoms with Crippen molar-refractivity contribution in [2.75, 3.05) is 0 Å². The van der Waals surface area contributed by atoms with Crippen LogP contribution in [-0.4, -0.2) is 9.97 Å². The van der Waals surface area contributed by atoms with Crippen LogP contribution in [0, 0.1) is 0 Å². The summed E-state index contributed by atoms with van der Waals surface area (Å²) in [5.74, 6) is 0.811. The third-order valence-corrected chi connectivity index (χ3v) is 1.88. The predicted molar refractivity (Wildman–Crippen MR) is 48.8 cm³/mol. The van der Waals surface area contributed by atoms with Crippen LogP contribution in [0.4, 0.5) is 4.39 Å². The fourth-order valence-corrected chi connectivity index (χ4v) is 1.17. The summed E-state index contributed by atoms with van der Waals surface area (Å²) < 4.78 is 12.2. The summed E-state index contributed by atoms with van der Waals surface area (Å²) in [7, 11) is 0. The summed E-state index contributed by atoms with van der Waals surface area (Å²) in [4.78, 5) is 7.08. The Kier molecular flexibility index (Phi) is 2.08. The zero-order chi connectivity index (χ0) is 9.10. The van der Waals surface area contributed by atoms with Crippen LogP contribution in [0.2, 0.25) is 0 Å². The third kappa shape index (κ3) is 1.59. The number of aromatic amines is 1. The number of rotatable bonds is 2. The third-order valence-electron chi connectivity index (χ3n) is 1.88. The molecule has 0 unspecified atom stereocenters. The molecular formula is C10H9FN2. The van der Waals surface area contributed by atoms with Crippen LogP contribution in [-0.2, 0) is 6.67 Å². The van der Waals surface area contributed by atoms with Crippen molar-refractivity contribution in [3.8, 4) is 11.4 Å². The van der Waals surface area contributed by atoms with Gasteiger partial charge in [0.1, 0.15) is 12.5 Å². The average molecular weight is 176 g/mol. The molecule has 13 heavy (non-hydrogen) atoms. The molecule has 1 heterocycles. The summed E-state index contributed by atoms with van der Waals surface area (Å²) in [6.45, 7) is -0.418. The lowest BCUT2D eigenvalue weighted by Gasteiger charge is -1.97. The summed E-state index contributed by atoms with van der Waals surface area (Å²) in [6, 6.07) is 7.23. The Morgan fingerprint density at radius 1 is 1.23 bits per heavy atom. The van der Waals surface area contributed by atoms with Crippen molar-refractivity contribution in [2.45, 2.75) is 6.67 Å². The maximum absolute atomic E-state index is 12.2. The Morgan fingerprint density at radius 3 is 2.54 bits per heavy atom. The van der Waals surface area contributed by atoms with Gasteiger partial charge in [-0.05, 0) is 5.56 Å². The largest absolute Gasteiger partial charge is 0.345 e. The second-order valence-electron chi connectivity index (χ2n) is 2.77. The molecule has 0 saturated carbocycles. The zero-order valence-electron chi connectivity index (χ0n) is 7.00. The molecule has 0 aliphatic rings. The summed E-state index contributed by atoms with van der Waals surface area (Å²) in [5, 5.41) is 0. The van der Waals surface area contributed by atoms with Gasteiger partial charge in [-0.3, -0.25) is 0 Å². The first-order valence-corrected chi connectivity index (χ1v) is 4.05. The molecule has 0 bridgehead atoms. The molecule has 66 valence electrons. The Labute approximate surface area is 75.4 Å². The monoisotopic (exact) mass is 176 g/mol. The van der Waals surface area contributed by atoms with Gasteiger partial charge in [0, 0.05) is 18.0 Å². The van der Waals surface area contributed by atoms with Gasteiger partial charge >= 0.3 is 0 Å². The Bertz CT molecular complexity index is 364. The van der Waals surface area contributed by atoms with Crippen LogP contribution in [0.25, 0.3) is 11.4 Å². The fraction of sp³-hybridized carbons (Fsp3) is 0.100. The fourth-order valence-electron chi connectivity index (χ4n) is 1.17. The van der Waals surface area contributed by atoms with E-state index in [9.17, 15) is 4.39 Å². The van der Waals surface area contributed by atoms with Gasteiger partial charge in [0.15, 0.2) is 0 Å². The van der Waals surface area contributed by atoms with E-state index in [1.807, 2.05) is 12.1 Å². The number of hydrogen-bond donors (Lipinski definition) is 1. The average Bonchev–Trinajstić information content (AvgIpc) is 2.71. The van der Waals surface area contributed by atoms with Crippen molar-refractivity contribution < 1.29 is 4.39 Å². The van der Waals surface area contributed by atoms with Gasteiger partial charge in [-0.1, -0.05) is 24.3 Å². The van der Waals surface area contributed by atoms with Crippen LogP contribution in [0.1, 0.15) is 5.56 Å². The number of nitrogens with zero attached hydrogens (tertiary/aromatic N) is 1. The van der Waals surface area contributed by atoms with Crippen LogP contribution in [0.15, 0.2) is 36.7 Å². The van der Waals surface area contributed by atoms with E-state index in [-0.39, 0.29) is 0 Å². The number of alkyl halides is 1. The maximum Gasteiger partial charge on any atom is 0.137 e. The van der Waals surface area contributed by atoms with Crippen LogP contribution in [0.3, 0.4) is 0 Å². The quantitative estimate of drug-likeness (QED) is 0.748. The van der Waals surface area contributed by atoms with Crippen molar-refractivity contribution in [1.82, 2.24) is 9.97 Å². The molecule has 2 aromatic rings. The van der Waals surface area contributed by atoms with Crippen LogP contribution < -0.4 is 0 Å². The molecular weight excluding hydrogens is 167 g/mol. The van der Waals surface area contributed by atoms with E-state index in [1.54, 1.807) is 24.5 Å². The summed E-state index contributed by atoms with van der Waals surface area (Å²) >= 11 is 0. The standard InChI is InChI=1S/C10H9FN2/c11-7-8-1-3-9(4-2-8)10-12-5-6-13-10/h1-6H,7H2,(H,12,13). The number of benzene rings is 1. The topological polar surface area (TPSA) is 28.7 Å². The molecule has 3 heteroatoms. The van der Waals surface area contributed by atoms with E-state index in [0.29, 0.717) is 5.56 Å². The molecule has 0 fully saturated rings. The SMILES string of the molecule is FCc1ccc(-c2ncc[nH]2)cc1. The second-order valence-corrected chi connectivity index (χ2v) is 2.77. The number of halogens is 1. The minimum Gasteiger partial charge on any atom is -0.345 e. The van der Waals surface area contributed by atoms with Crippen molar-refractivity contribution in [3.63, 3.8) is 0 Å². The molecule has 1 N–H and O–H groups in total. The molecule has 1 aromatic carbocycles. The highest BCUT2D eigenvalue weighted by atomic mass is 19.1. The van der Waals surface area contributed by atoms with E-state index in [4.69, 9.17) is 0 Å². The Hall–Kier alpha value is -1.64. The minimum absolute atomic E-state index is 0.418. The number of imidazole rings is 1. The number of H-pyrrole nitrogens is 1. The summed E-state index contributed by atoms with van der Waals surface area (Å²) in [5.41, 5.74) is 1.66. The van der Waals surface area contributed by atoms with Crippen molar-refractivity contribution in [1.29, 1.82) is 0 Å². The van der Waals surface area contributed by atoms with Crippen molar-refractivity contribution in [2.24, 2.45) is 0 Å². The molecule has 2 nitrogen and oxygen atoms in total. The van der Waals surface area contributed by atoms with Crippen LogP contribution in [0.5, 0.6) is 0 Å². The molecule has 1 aromatic heterocycles. The van der Waals surface area contributed by atoms with Gasteiger partial charge in [-0.15, -0.1) is 0 Å². The van der Waals surface area contributed by atoms with Crippen LogP contribution >= 0.6 is 0 Å². The van der Waals surface area contributed by atoms with Gasteiger partial charge in [0.05, 0.1) is 0 Å². The van der Waals surface area contributed by atoms with Crippen molar-refractivity contribution in [3.05, 3.63) is 42.2 Å². The highest BCUT2D eigenvalue weighted by Gasteiger charge is 1.98. The van der Waals surface area contributed by atoms with E-state index in [1.165, 1.54) is 0 Å². The first kappa shape index (κ1) is 7.98. The number of nitrogens with one attached hydrogen (secondary N) is 1. The van der Waals surface area contributed by atoms with Crippen molar-refractivity contribution >= 4 is 0 Å². The van der Waals surface area contributed by atoms with E-state index in [0.717, 1.165) is 11.4 Å². The molecule has 0 atom stereocenters. The molecule has 0 aliphatic heterocycles. The van der Waals surface area contributed by atoms with Gasteiger partial charge in [-0.2, -0.15) is 0 Å². The zero-order valence-corrected chi connectivity index (χ0v) is 7.00. The maximum atomic E-state index is 12.2. The first-order valence-electron chi connectivity index (χ1n) is 4.05. The van der Waals surface area contributed by atoms with Gasteiger partial charge < -0.3 is 4.98 Å². The molecule has 0 aliphatic carbocycles. The lowest BCUT2D eigenvalue weighted by Crippen LogP contribution is -1.82. The van der Waals surface area contributed by atoms with E-state index in [2.05, 4.69) is 9.97 Å². The van der Waals surface area contributed by atoms with Gasteiger partial charge in [0.2, 0.25) is 0 Å². The second kappa shape index (κ2) is 3.39. The Balaban J connectivity index is 2.33. The molecule has 0 amide bonds. The predicted octanol–water partition coefficient (Wildman–Crippen LogP) is 2.55. The molecule has 0 saturated heterocycles. The van der Waals surface area contributed by atoms with Gasteiger partial charge in [0.25, 0.3) is 0 Å². The molecule has 0 radical (unpaired) electrons. The first-order chi connectivity index (χ1) is 6.40. The van der Waals surface area contributed by atoms with E-state index < -0.39 is 6.67 Å². The minimum atomic E-state index is -0.418. The summed E-state index contributed by atoms with van der Waals surface area (Å²) in [6.07, 6.45) is 3.46. The lowest BCUT2D eigenvalue weighted by molar-refractivity contribution is 0.485. The lowest BCUT2D eigenvalue weighted by atomic mass is 10.1. The number of hydrogen-bond acceptors (Lipinski definition) is 1. The normalized spacial score (nSPS) is 10.2. The number of aromatic nitrogens is 2. The van der Waals surface area contributed by atoms with Gasteiger partial charge in [-0.25, -0.2) is 9.37 Å².